The van der Waals surface area contributed by atoms with E-state index >= 15 is 0 Å². The number of pyridine rings is 2. The minimum absolute atomic E-state index is 0.417. The van der Waals surface area contributed by atoms with E-state index in [0.29, 0.717) is 11.8 Å². The number of hydrogen-bond acceptors (Lipinski definition) is 4. The van der Waals surface area contributed by atoms with E-state index in [0.717, 1.165) is 35.4 Å². The third-order valence-corrected chi connectivity index (χ3v) is 7.95. The fourth-order valence-electron chi connectivity index (χ4n) is 5.76. The predicted octanol–water partition coefficient (Wildman–Crippen LogP) is 7.65. The van der Waals surface area contributed by atoms with E-state index in [9.17, 15) is 0 Å². The van der Waals surface area contributed by atoms with Crippen molar-refractivity contribution in [1.82, 2.24) is 30.4 Å². The number of nitrogens with one attached hydrogen (secondary N) is 2. The van der Waals surface area contributed by atoms with Crippen LogP contribution in [0.5, 0.6) is 0 Å². The molecular weight excluding hydrogens is 516 g/mol. The Balaban J connectivity index is 0.000000137. The normalized spacial score (nSPS) is 16.7. The topological polar surface area (TPSA) is 83.1 Å². The molecule has 0 saturated carbocycles. The number of fused-ring (bicyclic) bond motifs is 2. The monoisotopic (exact) mass is 546 g/mol. The number of aromatic nitrogens is 6. The lowest BCUT2D eigenvalue weighted by Crippen LogP contribution is -2.05. The lowest BCUT2D eigenvalue weighted by molar-refractivity contribution is 0.794. The van der Waals surface area contributed by atoms with Crippen molar-refractivity contribution in [3.05, 3.63) is 156 Å². The standard InChI is InChI=1S/2C18H15N3/c1-2-5-13(6-3-1)14-8-9-16-17(11-14)20-21-18(16)15-7-4-10-19-12-15;1-2-4-13(5-3-1)15-6-7-16-17(12-15)20-21-18(16)14-8-10-19-11-9-14/h1-10,12,14H,11H2,(H,20,21);1-11,15H,12H2,(H,20,21). The van der Waals surface area contributed by atoms with Crippen LogP contribution in [0.1, 0.15) is 45.5 Å². The molecule has 0 bridgehead atoms. The van der Waals surface area contributed by atoms with Crippen LogP contribution in [0.15, 0.2) is 122 Å². The quantitative estimate of drug-likeness (QED) is 0.238. The summed E-state index contributed by atoms with van der Waals surface area (Å²) < 4.78 is 0. The molecule has 0 fully saturated rings. The molecule has 0 aliphatic heterocycles. The minimum atomic E-state index is 0.417. The van der Waals surface area contributed by atoms with E-state index in [2.05, 4.69) is 115 Å². The average Bonchev–Trinajstić information content (AvgIpc) is 3.71. The first-order chi connectivity index (χ1) is 20.8. The first-order valence-corrected chi connectivity index (χ1v) is 14.2. The second-order valence-corrected chi connectivity index (χ2v) is 10.6. The molecule has 2 aliphatic carbocycles. The van der Waals surface area contributed by atoms with Crippen molar-refractivity contribution in [2.24, 2.45) is 0 Å². The van der Waals surface area contributed by atoms with E-state index in [4.69, 9.17) is 0 Å². The second-order valence-electron chi connectivity index (χ2n) is 10.6. The fourth-order valence-corrected chi connectivity index (χ4v) is 5.76. The largest absolute Gasteiger partial charge is 0.281 e. The predicted molar refractivity (Wildman–Crippen MR) is 167 cm³/mol. The summed E-state index contributed by atoms with van der Waals surface area (Å²) in [7, 11) is 0. The van der Waals surface area contributed by atoms with Gasteiger partial charge in [-0.15, -0.1) is 0 Å². The maximum absolute atomic E-state index is 4.49. The zero-order valence-corrected chi connectivity index (χ0v) is 23.1. The molecule has 2 N–H and O–H groups in total. The number of benzene rings is 2. The van der Waals surface area contributed by atoms with Gasteiger partial charge in [0.1, 0.15) is 5.69 Å². The lowest BCUT2D eigenvalue weighted by Gasteiger charge is -2.17. The summed E-state index contributed by atoms with van der Waals surface area (Å²) in [5.74, 6) is 0.838. The Bertz CT molecular complexity index is 1680. The Labute approximate surface area is 244 Å². The Morgan fingerprint density at radius 3 is 1.60 bits per heavy atom. The first-order valence-electron chi connectivity index (χ1n) is 14.2. The van der Waals surface area contributed by atoms with Gasteiger partial charge in [-0.1, -0.05) is 85.0 Å². The number of H-pyrrole nitrogens is 2. The highest BCUT2D eigenvalue weighted by atomic mass is 15.1. The van der Waals surface area contributed by atoms with Gasteiger partial charge < -0.3 is 0 Å². The van der Waals surface area contributed by atoms with Crippen LogP contribution in [0.2, 0.25) is 0 Å². The van der Waals surface area contributed by atoms with Crippen molar-refractivity contribution in [1.29, 1.82) is 0 Å². The molecule has 0 spiro atoms. The van der Waals surface area contributed by atoms with Crippen molar-refractivity contribution in [2.45, 2.75) is 24.7 Å². The molecule has 2 aromatic carbocycles. The number of rotatable bonds is 4. The van der Waals surface area contributed by atoms with Crippen LogP contribution < -0.4 is 0 Å². The summed E-state index contributed by atoms with van der Waals surface area (Å²) >= 11 is 0. The molecule has 0 radical (unpaired) electrons. The highest BCUT2D eigenvalue weighted by Gasteiger charge is 2.22. The highest BCUT2D eigenvalue weighted by Crippen LogP contribution is 2.35. The second kappa shape index (κ2) is 11.6. The molecule has 4 aromatic heterocycles. The summed E-state index contributed by atoms with van der Waals surface area (Å²) in [6, 6.07) is 29.2. The van der Waals surface area contributed by atoms with Crippen molar-refractivity contribution >= 4 is 12.2 Å². The first kappa shape index (κ1) is 25.6. The van der Waals surface area contributed by atoms with Gasteiger partial charge in [-0.05, 0) is 35.4 Å². The molecule has 6 aromatic rings. The van der Waals surface area contributed by atoms with Crippen molar-refractivity contribution in [3.8, 4) is 22.5 Å². The van der Waals surface area contributed by atoms with E-state index in [1.54, 1.807) is 18.6 Å². The zero-order valence-electron chi connectivity index (χ0n) is 23.1. The SMILES string of the molecule is C1=CC(c2ccccc2)Cc2[nH]nc(-c3cccnc3)c21.C1=CC(c2ccccc2)Cc2[nH]nc(-c3ccncc3)c21. The van der Waals surface area contributed by atoms with Gasteiger partial charge in [0.25, 0.3) is 0 Å². The Morgan fingerprint density at radius 2 is 1.07 bits per heavy atom. The molecule has 204 valence electrons. The van der Waals surface area contributed by atoms with Crippen LogP contribution in [0.4, 0.5) is 0 Å². The molecule has 2 aliphatic rings. The van der Waals surface area contributed by atoms with E-state index < -0.39 is 0 Å². The van der Waals surface area contributed by atoms with Gasteiger partial charge in [0, 0.05) is 83.1 Å². The smallest absolute Gasteiger partial charge is 0.101 e. The van der Waals surface area contributed by atoms with Gasteiger partial charge >= 0.3 is 0 Å². The summed E-state index contributed by atoms with van der Waals surface area (Å²) in [6.45, 7) is 0. The molecule has 42 heavy (non-hydrogen) atoms. The van der Waals surface area contributed by atoms with Crippen LogP contribution in [0.3, 0.4) is 0 Å². The number of hydrogen-bond donors (Lipinski definition) is 2. The van der Waals surface area contributed by atoms with Gasteiger partial charge in [0.05, 0.1) is 5.69 Å². The van der Waals surface area contributed by atoms with E-state index in [1.165, 1.54) is 33.6 Å². The number of nitrogens with zero attached hydrogens (tertiary/aromatic N) is 4. The van der Waals surface area contributed by atoms with Crippen LogP contribution in [0, 0.1) is 0 Å². The summed E-state index contributed by atoms with van der Waals surface area (Å²) in [5.41, 5.74) is 11.6. The molecule has 0 saturated heterocycles. The van der Waals surface area contributed by atoms with E-state index in [1.807, 2.05) is 30.5 Å². The maximum atomic E-state index is 4.49. The third-order valence-electron chi connectivity index (χ3n) is 7.95. The Kier molecular flexibility index (Phi) is 7.09. The van der Waals surface area contributed by atoms with Crippen molar-refractivity contribution in [3.63, 3.8) is 0 Å². The molecular formula is C36H30N6. The highest BCUT2D eigenvalue weighted by molar-refractivity contribution is 5.75. The van der Waals surface area contributed by atoms with Crippen LogP contribution in [0.25, 0.3) is 34.7 Å². The minimum Gasteiger partial charge on any atom is -0.281 e. The number of aromatic amines is 2. The number of allylic oxidation sites excluding steroid dienone is 2. The molecule has 2 unspecified atom stereocenters. The van der Waals surface area contributed by atoms with Gasteiger partial charge in [-0.2, -0.15) is 10.2 Å². The van der Waals surface area contributed by atoms with Crippen LogP contribution in [-0.4, -0.2) is 30.4 Å². The van der Waals surface area contributed by atoms with Gasteiger partial charge in [0.15, 0.2) is 0 Å². The van der Waals surface area contributed by atoms with E-state index in [-0.39, 0.29) is 0 Å². The molecule has 0 amide bonds. The van der Waals surface area contributed by atoms with Crippen LogP contribution in [-0.2, 0) is 12.8 Å². The molecule has 4 heterocycles. The molecule has 6 heteroatoms. The summed E-state index contributed by atoms with van der Waals surface area (Å²) in [6.07, 6.45) is 18.1. The fraction of sp³-hybridized carbons (Fsp3) is 0.111. The lowest BCUT2D eigenvalue weighted by atomic mass is 9.87. The molecule has 8 rings (SSSR count). The summed E-state index contributed by atoms with van der Waals surface area (Å²) in [5, 5.41) is 15.4. The van der Waals surface area contributed by atoms with Gasteiger partial charge in [0.2, 0.25) is 0 Å². The van der Waals surface area contributed by atoms with Crippen LogP contribution >= 0.6 is 0 Å². The Hall–Kier alpha value is -5.36. The Morgan fingerprint density at radius 1 is 0.524 bits per heavy atom. The summed E-state index contributed by atoms with van der Waals surface area (Å²) in [4.78, 5) is 8.24. The zero-order chi connectivity index (χ0) is 28.1. The molecule has 6 nitrogen and oxygen atoms in total. The van der Waals surface area contributed by atoms with Crippen molar-refractivity contribution < 1.29 is 0 Å². The van der Waals surface area contributed by atoms with Gasteiger partial charge in [-0.3, -0.25) is 20.2 Å². The third kappa shape index (κ3) is 5.22. The average molecular weight is 547 g/mol. The maximum Gasteiger partial charge on any atom is 0.101 e. The van der Waals surface area contributed by atoms with Crippen molar-refractivity contribution in [2.75, 3.05) is 0 Å². The molecule has 2 atom stereocenters. The van der Waals surface area contributed by atoms with Gasteiger partial charge in [-0.25, -0.2) is 0 Å².